The van der Waals surface area contributed by atoms with Crippen LogP contribution < -0.4 is 0 Å². The Balaban J connectivity index is 1.60. The molecular formula is C20H22O2. The van der Waals surface area contributed by atoms with Crippen LogP contribution in [0.5, 0.6) is 0 Å². The number of aliphatic hydroxyl groups excluding tert-OH is 1. The highest BCUT2D eigenvalue weighted by Crippen LogP contribution is 2.32. The zero-order valence-corrected chi connectivity index (χ0v) is 12.6. The summed E-state index contributed by atoms with van der Waals surface area (Å²) in [7, 11) is 0. The molecule has 1 heterocycles. The van der Waals surface area contributed by atoms with Crippen molar-refractivity contribution in [2.75, 3.05) is 0 Å². The maximum Gasteiger partial charge on any atom is 0.0853 e. The first kappa shape index (κ1) is 15.0. The van der Waals surface area contributed by atoms with Gasteiger partial charge in [0.15, 0.2) is 0 Å². The van der Waals surface area contributed by atoms with Crippen LogP contribution in [0.3, 0.4) is 0 Å². The monoisotopic (exact) mass is 294 g/mol. The molecule has 1 fully saturated rings. The molecule has 22 heavy (non-hydrogen) atoms. The zero-order chi connectivity index (χ0) is 15.2. The van der Waals surface area contributed by atoms with Crippen molar-refractivity contribution in [1.29, 1.82) is 0 Å². The van der Waals surface area contributed by atoms with Crippen molar-refractivity contribution >= 4 is 6.08 Å². The van der Waals surface area contributed by atoms with Gasteiger partial charge >= 0.3 is 0 Å². The van der Waals surface area contributed by atoms with Gasteiger partial charge in [0.25, 0.3) is 0 Å². The molecule has 1 aliphatic heterocycles. The van der Waals surface area contributed by atoms with E-state index >= 15 is 0 Å². The Kier molecular flexibility index (Phi) is 5.04. The van der Waals surface area contributed by atoms with Gasteiger partial charge in [0, 0.05) is 6.42 Å². The van der Waals surface area contributed by atoms with Crippen molar-refractivity contribution < 1.29 is 9.84 Å². The summed E-state index contributed by atoms with van der Waals surface area (Å²) in [6.45, 7) is 0. The van der Waals surface area contributed by atoms with Crippen molar-refractivity contribution in [3.8, 4) is 0 Å². The summed E-state index contributed by atoms with van der Waals surface area (Å²) < 4.78 is 6.17. The first-order valence-corrected chi connectivity index (χ1v) is 7.91. The molecule has 0 bridgehead atoms. The largest absolute Gasteiger partial charge is 0.393 e. The Labute approximate surface area is 132 Å². The molecule has 3 atom stereocenters. The molecular weight excluding hydrogens is 272 g/mol. The molecule has 2 aromatic carbocycles. The average molecular weight is 294 g/mol. The Morgan fingerprint density at radius 1 is 0.955 bits per heavy atom. The Morgan fingerprint density at radius 3 is 2.36 bits per heavy atom. The standard InChI is InChI=1S/C20H22O2/c21-18-14-19(13-7-10-16-8-3-1-4-9-16)22-20(15-18)17-11-5-2-6-12-17/h1-12,18-21H,13-15H2/b10-7+/t18-,19-,20-/m1/s1. The SMILES string of the molecule is O[C@@H]1C[C@@H](C/C=C/c2ccccc2)O[C@@H](c2ccccc2)C1. The Bertz CT molecular complexity index is 592. The van der Waals surface area contributed by atoms with E-state index in [0.29, 0.717) is 12.8 Å². The van der Waals surface area contributed by atoms with E-state index in [2.05, 4.69) is 36.4 Å². The molecule has 0 aromatic heterocycles. The predicted molar refractivity (Wildman–Crippen MR) is 89.4 cm³/mol. The first-order valence-electron chi connectivity index (χ1n) is 7.91. The lowest BCUT2D eigenvalue weighted by molar-refractivity contribution is -0.0957. The van der Waals surface area contributed by atoms with Gasteiger partial charge in [0.05, 0.1) is 18.3 Å². The van der Waals surface area contributed by atoms with Crippen LogP contribution in [0.15, 0.2) is 66.7 Å². The van der Waals surface area contributed by atoms with Crippen molar-refractivity contribution in [3.63, 3.8) is 0 Å². The number of benzene rings is 2. The van der Waals surface area contributed by atoms with Crippen LogP contribution in [0, 0.1) is 0 Å². The van der Waals surface area contributed by atoms with Crippen LogP contribution >= 0.6 is 0 Å². The summed E-state index contributed by atoms with van der Waals surface area (Å²) >= 11 is 0. The molecule has 0 saturated carbocycles. The van der Waals surface area contributed by atoms with Gasteiger partial charge in [-0.2, -0.15) is 0 Å². The van der Waals surface area contributed by atoms with Gasteiger partial charge in [-0.25, -0.2) is 0 Å². The van der Waals surface area contributed by atoms with Crippen LogP contribution in [-0.4, -0.2) is 17.3 Å². The molecule has 114 valence electrons. The number of hydrogen-bond acceptors (Lipinski definition) is 2. The number of hydrogen-bond donors (Lipinski definition) is 1. The zero-order valence-electron chi connectivity index (χ0n) is 12.6. The fourth-order valence-electron chi connectivity index (χ4n) is 2.94. The average Bonchev–Trinajstić information content (AvgIpc) is 2.56. The second-order valence-corrected chi connectivity index (χ2v) is 5.83. The summed E-state index contributed by atoms with van der Waals surface area (Å²) in [5.41, 5.74) is 2.34. The van der Waals surface area contributed by atoms with Crippen LogP contribution in [0.25, 0.3) is 6.08 Å². The minimum atomic E-state index is -0.283. The Morgan fingerprint density at radius 2 is 1.64 bits per heavy atom. The van der Waals surface area contributed by atoms with Crippen LogP contribution in [0.2, 0.25) is 0 Å². The lowest BCUT2D eigenvalue weighted by atomic mass is 9.95. The van der Waals surface area contributed by atoms with Gasteiger partial charge in [0.2, 0.25) is 0 Å². The van der Waals surface area contributed by atoms with Crippen LogP contribution in [0.4, 0.5) is 0 Å². The topological polar surface area (TPSA) is 29.5 Å². The molecule has 1 saturated heterocycles. The third kappa shape index (κ3) is 4.06. The van der Waals surface area contributed by atoms with E-state index in [1.54, 1.807) is 0 Å². The number of ether oxygens (including phenoxy) is 1. The molecule has 1 aliphatic rings. The van der Waals surface area contributed by atoms with Crippen LogP contribution in [0.1, 0.15) is 36.5 Å². The van der Waals surface area contributed by atoms with E-state index in [1.165, 1.54) is 5.56 Å². The van der Waals surface area contributed by atoms with Crippen molar-refractivity contribution in [3.05, 3.63) is 77.9 Å². The van der Waals surface area contributed by atoms with E-state index in [1.807, 2.05) is 36.4 Å². The second-order valence-electron chi connectivity index (χ2n) is 5.83. The molecule has 0 amide bonds. The number of rotatable bonds is 4. The molecule has 0 radical (unpaired) electrons. The first-order chi connectivity index (χ1) is 10.8. The van der Waals surface area contributed by atoms with Gasteiger partial charge in [-0.3, -0.25) is 0 Å². The van der Waals surface area contributed by atoms with E-state index < -0.39 is 0 Å². The summed E-state index contributed by atoms with van der Waals surface area (Å²) in [5, 5.41) is 10.1. The maximum absolute atomic E-state index is 10.1. The van der Waals surface area contributed by atoms with Crippen LogP contribution in [-0.2, 0) is 4.74 Å². The second kappa shape index (κ2) is 7.39. The van der Waals surface area contributed by atoms with E-state index in [-0.39, 0.29) is 18.3 Å². The van der Waals surface area contributed by atoms with Crippen molar-refractivity contribution in [2.24, 2.45) is 0 Å². The summed E-state index contributed by atoms with van der Waals surface area (Å²) in [6.07, 6.45) is 6.27. The molecule has 2 aromatic rings. The highest BCUT2D eigenvalue weighted by molar-refractivity contribution is 5.48. The summed E-state index contributed by atoms with van der Waals surface area (Å²) in [6, 6.07) is 20.4. The third-order valence-corrected chi connectivity index (χ3v) is 4.06. The minimum absolute atomic E-state index is 0.0000697. The highest BCUT2D eigenvalue weighted by Gasteiger charge is 2.28. The lowest BCUT2D eigenvalue weighted by Crippen LogP contribution is -2.31. The van der Waals surface area contributed by atoms with E-state index in [0.717, 1.165) is 12.0 Å². The third-order valence-electron chi connectivity index (χ3n) is 4.06. The highest BCUT2D eigenvalue weighted by atomic mass is 16.5. The molecule has 2 heteroatoms. The van der Waals surface area contributed by atoms with E-state index in [4.69, 9.17) is 4.74 Å². The Hall–Kier alpha value is -1.90. The number of aliphatic hydroxyl groups is 1. The molecule has 0 unspecified atom stereocenters. The van der Waals surface area contributed by atoms with Gasteiger partial charge in [-0.05, 0) is 24.0 Å². The summed E-state index contributed by atoms with van der Waals surface area (Å²) in [4.78, 5) is 0. The lowest BCUT2D eigenvalue weighted by Gasteiger charge is -2.33. The fraction of sp³-hybridized carbons (Fsp3) is 0.300. The fourth-order valence-corrected chi connectivity index (χ4v) is 2.94. The normalized spacial score (nSPS) is 25.4. The molecule has 0 aliphatic carbocycles. The maximum atomic E-state index is 10.1. The van der Waals surface area contributed by atoms with Gasteiger partial charge in [-0.15, -0.1) is 0 Å². The quantitative estimate of drug-likeness (QED) is 0.907. The van der Waals surface area contributed by atoms with Gasteiger partial charge < -0.3 is 9.84 Å². The molecule has 0 spiro atoms. The predicted octanol–water partition coefficient (Wildman–Crippen LogP) is 4.37. The van der Waals surface area contributed by atoms with Gasteiger partial charge in [0.1, 0.15) is 0 Å². The van der Waals surface area contributed by atoms with Crippen molar-refractivity contribution in [1.82, 2.24) is 0 Å². The van der Waals surface area contributed by atoms with Gasteiger partial charge in [-0.1, -0.05) is 72.8 Å². The molecule has 2 nitrogen and oxygen atoms in total. The van der Waals surface area contributed by atoms with E-state index in [9.17, 15) is 5.11 Å². The minimum Gasteiger partial charge on any atom is -0.393 e. The smallest absolute Gasteiger partial charge is 0.0853 e. The molecule has 1 N–H and O–H groups in total. The van der Waals surface area contributed by atoms with Crippen molar-refractivity contribution in [2.45, 2.75) is 37.6 Å². The molecule has 3 rings (SSSR count). The summed E-state index contributed by atoms with van der Waals surface area (Å²) in [5.74, 6) is 0.